The predicted octanol–water partition coefficient (Wildman–Crippen LogP) is 5.52. The van der Waals surface area contributed by atoms with E-state index in [0.29, 0.717) is 39.0 Å². The van der Waals surface area contributed by atoms with E-state index in [1.807, 2.05) is 6.07 Å². The highest BCUT2D eigenvalue weighted by atomic mass is 35.5. The molecule has 0 atom stereocenters. The van der Waals surface area contributed by atoms with Crippen molar-refractivity contribution in [1.82, 2.24) is 0 Å². The van der Waals surface area contributed by atoms with Crippen LogP contribution < -0.4 is 20.1 Å². The average Bonchev–Trinajstić information content (AvgIpc) is 2.76. The lowest BCUT2D eigenvalue weighted by Crippen LogP contribution is -2.15. The van der Waals surface area contributed by atoms with Crippen LogP contribution in [0, 0.1) is 0 Å². The van der Waals surface area contributed by atoms with E-state index in [1.165, 1.54) is 20.3 Å². The Morgan fingerprint density at radius 2 is 1.23 bits per heavy atom. The molecule has 0 radical (unpaired) electrons. The van der Waals surface area contributed by atoms with Gasteiger partial charge < -0.3 is 20.1 Å². The molecule has 0 spiro atoms. The molecule has 8 heteroatoms. The van der Waals surface area contributed by atoms with E-state index in [4.69, 9.17) is 32.7 Å². The Hall–Kier alpha value is -3.22. The van der Waals surface area contributed by atoms with E-state index in [9.17, 15) is 9.59 Å². The molecule has 0 heterocycles. The SMILES string of the molecule is COc1cc(NC(=O)c2ccc(Cl)c(Cl)c2)c(OC)cc1NC(=O)c1ccccc1. The van der Waals surface area contributed by atoms with Crippen LogP contribution in [0.2, 0.25) is 10.0 Å². The van der Waals surface area contributed by atoms with E-state index < -0.39 is 5.91 Å². The number of halogens is 2. The highest BCUT2D eigenvalue weighted by Gasteiger charge is 2.17. The lowest BCUT2D eigenvalue weighted by molar-refractivity contribution is 0.101. The number of anilines is 2. The summed E-state index contributed by atoms with van der Waals surface area (Å²) in [5.74, 6) is -0.0179. The number of methoxy groups -OCH3 is 2. The molecule has 154 valence electrons. The molecule has 30 heavy (non-hydrogen) atoms. The van der Waals surface area contributed by atoms with Gasteiger partial charge in [0.1, 0.15) is 11.5 Å². The topological polar surface area (TPSA) is 76.7 Å². The van der Waals surface area contributed by atoms with Gasteiger partial charge >= 0.3 is 0 Å². The number of hydrogen-bond acceptors (Lipinski definition) is 4. The fraction of sp³-hybridized carbons (Fsp3) is 0.0909. The average molecular weight is 445 g/mol. The van der Waals surface area contributed by atoms with Crippen LogP contribution in [0.25, 0.3) is 0 Å². The Morgan fingerprint density at radius 1 is 0.700 bits per heavy atom. The first-order valence-electron chi connectivity index (χ1n) is 8.81. The second-order valence-corrected chi connectivity index (χ2v) is 6.97. The van der Waals surface area contributed by atoms with Crippen LogP contribution in [0.1, 0.15) is 20.7 Å². The zero-order valence-electron chi connectivity index (χ0n) is 16.2. The van der Waals surface area contributed by atoms with E-state index in [1.54, 1.807) is 48.5 Å². The van der Waals surface area contributed by atoms with Gasteiger partial charge in [-0.2, -0.15) is 0 Å². The van der Waals surface area contributed by atoms with Crippen LogP contribution in [0.4, 0.5) is 11.4 Å². The highest BCUT2D eigenvalue weighted by Crippen LogP contribution is 2.37. The zero-order valence-corrected chi connectivity index (χ0v) is 17.7. The number of hydrogen-bond donors (Lipinski definition) is 2. The third-order valence-corrected chi connectivity index (χ3v) is 4.97. The molecule has 0 saturated heterocycles. The number of rotatable bonds is 6. The van der Waals surface area contributed by atoms with Crippen LogP contribution in [0.3, 0.4) is 0 Å². The van der Waals surface area contributed by atoms with Crippen molar-refractivity contribution in [3.63, 3.8) is 0 Å². The maximum absolute atomic E-state index is 12.6. The predicted molar refractivity (Wildman–Crippen MR) is 118 cm³/mol. The molecule has 0 aliphatic rings. The molecule has 0 aliphatic heterocycles. The molecule has 6 nitrogen and oxygen atoms in total. The number of benzene rings is 3. The molecule has 3 aromatic carbocycles. The zero-order chi connectivity index (χ0) is 21.7. The van der Waals surface area contributed by atoms with E-state index in [2.05, 4.69) is 10.6 Å². The number of ether oxygens (including phenoxy) is 2. The standard InChI is InChI=1S/C22H18Cl2N2O4/c1-29-19-12-18(26-22(28)14-8-9-15(23)16(24)10-14)20(30-2)11-17(19)25-21(27)13-6-4-3-5-7-13/h3-12H,1-2H3,(H,25,27)(H,26,28). The molecule has 0 unspecified atom stereocenters. The molecule has 3 aromatic rings. The van der Waals surface area contributed by atoms with Gasteiger partial charge in [-0.1, -0.05) is 41.4 Å². The first-order valence-corrected chi connectivity index (χ1v) is 9.57. The smallest absolute Gasteiger partial charge is 0.255 e. The van der Waals surface area contributed by atoms with Crippen LogP contribution in [0.15, 0.2) is 60.7 Å². The second kappa shape index (κ2) is 9.52. The minimum atomic E-state index is -0.407. The van der Waals surface area contributed by atoms with Gasteiger partial charge in [-0.05, 0) is 30.3 Å². The maximum Gasteiger partial charge on any atom is 0.255 e. The van der Waals surface area contributed by atoms with Crippen LogP contribution >= 0.6 is 23.2 Å². The van der Waals surface area contributed by atoms with Gasteiger partial charge in [0.05, 0.1) is 35.6 Å². The van der Waals surface area contributed by atoms with Crippen molar-refractivity contribution in [1.29, 1.82) is 0 Å². The Kier molecular flexibility index (Phi) is 6.82. The Labute approximate surface area is 183 Å². The monoisotopic (exact) mass is 444 g/mol. The van der Waals surface area contributed by atoms with Crippen molar-refractivity contribution >= 4 is 46.4 Å². The van der Waals surface area contributed by atoms with Gasteiger partial charge in [-0.25, -0.2) is 0 Å². The number of carbonyl (C=O) groups excluding carboxylic acids is 2. The molecule has 3 rings (SSSR count). The quantitative estimate of drug-likeness (QED) is 0.524. The first kappa shape index (κ1) is 21.5. The fourth-order valence-corrected chi connectivity index (χ4v) is 3.01. The maximum atomic E-state index is 12.6. The molecule has 0 saturated carbocycles. The minimum Gasteiger partial charge on any atom is -0.494 e. The van der Waals surface area contributed by atoms with Crippen molar-refractivity contribution in [2.24, 2.45) is 0 Å². The highest BCUT2D eigenvalue weighted by molar-refractivity contribution is 6.42. The van der Waals surface area contributed by atoms with E-state index in [-0.39, 0.29) is 10.9 Å². The van der Waals surface area contributed by atoms with Gasteiger partial charge in [0, 0.05) is 23.3 Å². The normalized spacial score (nSPS) is 10.3. The number of carbonyl (C=O) groups is 2. The fourth-order valence-electron chi connectivity index (χ4n) is 2.71. The van der Waals surface area contributed by atoms with Gasteiger partial charge in [-0.15, -0.1) is 0 Å². The van der Waals surface area contributed by atoms with Gasteiger partial charge in [-0.3, -0.25) is 9.59 Å². The number of amides is 2. The minimum absolute atomic E-state index is 0.271. The van der Waals surface area contributed by atoms with Crippen LogP contribution in [-0.2, 0) is 0 Å². The molecule has 2 amide bonds. The summed E-state index contributed by atoms with van der Waals surface area (Å²) < 4.78 is 10.8. The summed E-state index contributed by atoms with van der Waals surface area (Å²) in [7, 11) is 2.92. The molecule has 0 bridgehead atoms. The van der Waals surface area contributed by atoms with Crippen molar-refractivity contribution < 1.29 is 19.1 Å². The Balaban J connectivity index is 1.88. The van der Waals surface area contributed by atoms with Crippen LogP contribution in [-0.4, -0.2) is 26.0 Å². The Morgan fingerprint density at radius 3 is 1.73 bits per heavy atom. The summed E-state index contributed by atoms with van der Waals surface area (Å²) in [6.45, 7) is 0. The largest absolute Gasteiger partial charge is 0.494 e. The lowest BCUT2D eigenvalue weighted by Gasteiger charge is -2.16. The molecular formula is C22H18Cl2N2O4. The molecule has 2 N–H and O–H groups in total. The molecule has 0 fully saturated rings. The molecule has 0 aliphatic carbocycles. The second-order valence-electron chi connectivity index (χ2n) is 6.16. The summed E-state index contributed by atoms with van der Waals surface area (Å²) >= 11 is 11.9. The summed E-state index contributed by atoms with van der Waals surface area (Å²) in [6, 6.07) is 16.5. The summed E-state index contributed by atoms with van der Waals surface area (Å²) in [5, 5.41) is 6.17. The van der Waals surface area contributed by atoms with E-state index in [0.717, 1.165) is 0 Å². The summed E-state index contributed by atoms with van der Waals surface area (Å²) in [5.41, 5.74) is 1.58. The third kappa shape index (κ3) is 4.84. The van der Waals surface area contributed by atoms with Crippen molar-refractivity contribution in [2.75, 3.05) is 24.9 Å². The lowest BCUT2D eigenvalue weighted by atomic mass is 10.1. The Bertz CT molecular complexity index is 1090. The van der Waals surface area contributed by atoms with Gasteiger partial charge in [0.15, 0.2) is 0 Å². The summed E-state index contributed by atoms with van der Waals surface area (Å²) in [6.07, 6.45) is 0. The number of nitrogens with one attached hydrogen (secondary N) is 2. The molecule has 0 aromatic heterocycles. The van der Waals surface area contributed by atoms with E-state index >= 15 is 0 Å². The third-order valence-electron chi connectivity index (χ3n) is 4.24. The van der Waals surface area contributed by atoms with Crippen molar-refractivity contribution in [2.45, 2.75) is 0 Å². The van der Waals surface area contributed by atoms with Gasteiger partial charge in [0.25, 0.3) is 11.8 Å². The summed E-state index contributed by atoms with van der Waals surface area (Å²) in [4.78, 5) is 25.1. The first-order chi connectivity index (χ1) is 14.4. The van der Waals surface area contributed by atoms with Crippen LogP contribution in [0.5, 0.6) is 11.5 Å². The van der Waals surface area contributed by atoms with Gasteiger partial charge in [0.2, 0.25) is 0 Å². The van der Waals surface area contributed by atoms with Crippen molar-refractivity contribution in [3.8, 4) is 11.5 Å². The molecular weight excluding hydrogens is 427 g/mol. The van der Waals surface area contributed by atoms with Crippen molar-refractivity contribution in [3.05, 3.63) is 81.8 Å².